The molecule has 1 saturated carbocycles. The van der Waals surface area contributed by atoms with E-state index in [4.69, 9.17) is 4.74 Å². The van der Waals surface area contributed by atoms with Crippen LogP contribution < -0.4 is 14.8 Å². The molecule has 0 radical (unpaired) electrons. The highest BCUT2D eigenvalue weighted by Gasteiger charge is 2.30. The van der Waals surface area contributed by atoms with Crippen molar-refractivity contribution in [2.45, 2.75) is 23.8 Å². The Morgan fingerprint density at radius 3 is 2.37 bits per heavy atom. The number of hydrogen-bond acceptors (Lipinski definition) is 4. The first-order valence-electron chi connectivity index (χ1n) is 6.40. The quantitative estimate of drug-likeness (QED) is 0.817. The van der Waals surface area contributed by atoms with E-state index in [0.29, 0.717) is 5.92 Å². The molecule has 106 valence electrons. The third-order valence-corrected chi connectivity index (χ3v) is 4.82. The molecule has 0 aromatic heterocycles. The van der Waals surface area contributed by atoms with Crippen LogP contribution in [-0.4, -0.2) is 35.2 Å². The molecule has 0 bridgehead atoms. The summed E-state index contributed by atoms with van der Waals surface area (Å²) in [7, 11) is -0.0126. The average Bonchev–Trinajstić information content (AvgIpc) is 2.37. The second-order valence-electron chi connectivity index (χ2n) is 4.81. The van der Waals surface area contributed by atoms with E-state index in [1.807, 2.05) is 7.05 Å². The largest absolute Gasteiger partial charge is 0.490 e. The first kappa shape index (κ1) is 14.3. The predicted octanol–water partition coefficient (Wildman–Crippen LogP) is 0.971. The smallest absolute Gasteiger partial charge is 0.240 e. The van der Waals surface area contributed by atoms with E-state index in [2.05, 4.69) is 10.0 Å². The maximum Gasteiger partial charge on any atom is 0.240 e. The van der Waals surface area contributed by atoms with Crippen molar-refractivity contribution in [1.29, 1.82) is 0 Å². The number of ether oxygens (including phenoxy) is 1. The Morgan fingerprint density at radius 2 is 1.84 bits per heavy atom. The number of nitrogens with one attached hydrogen (secondary N) is 2. The highest BCUT2D eigenvalue weighted by atomic mass is 32.2. The molecule has 1 aromatic carbocycles. The Kier molecular flexibility index (Phi) is 4.44. The van der Waals surface area contributed by atoms with Crippen LogP contribution in [0.25, 0.3) is 0 Å². The number of hydrogen-bond donors (Lipinski definition) is 2. The Bertz CT molecular complexity index is 507. The van der Waals surface area contributed by atoms with Crippen molar-refractivity contribution in [3.63, 3.8) is 0 Å². The summed E-state index contributed by atoms with van der Waals surface area (Å²) in [6.07, 6.45) is 2.36. The fraction of sp³-hybridized carbons (Fsp3) is 0.538. The molecule has 0 aliphatic heterocycles. The molecule has 19 heavy (non-hydrogen) atoms. The molecule has 0 unspecified atom stereocenters. The van der Waals surface area contributed by atoms with E-state index >= 15 is 0 Å². The number of rotatable bonds is 6. The van der Waals surface area contributed by atoms with Gasteiger partial charge in [-0.2, -0.15) is 0 Å². The monoisotopic (exact) mass is 284 g/mol. The van der Waals surface area contributed by atoms with Gasteiger partial charge in [0.25, 0.3) is 0 Å². The van der Waals surface area contributed by atoms with Crippen molar-refractivity contribution in [2.24, 2.45) is 5.92 Å². The maximum atomic E-state index is 11.6. The van der Waals surface area contributed by atoms with Crippen molar-refractivity contribution in [3.8, 4) is 5.75 Å². The molecule has 5 nitrogen and oxygen atoms in total. The number of benzene rings is 1. The highest BCUT2D eigenvalue weighted by Crippen LogP contribution is 2.31. The van der Waals surface area contributed by atoms with Gasteiger partial charge in [-0.3, -0.25) is 0 Å². The number of sulfonamides is 1. The normalized spacial score (nSPS) is 22.8. The van der Waals surface area contributed by atoms with Crippen LogP contribution in [0.4, 0.5) is 0 Å². The third-order valence-electron chi connectivity index (χ3n) is 3.39. The van der Waals surface area contributed by atoms with Gasteiger partial charge in [-0.05, 0) is 63.7 Å². The molecule has 1 aliphatic rings. The zero-order valence-corrected chi connectivity index (χ0v) is 12.0. The van der Waals surface area contributed by atoms with Gasteiger partial charge in [0.05, 0.1) is 11.0 Å². The van der Waals surface area contributed by atoms with Crippen LogP contribution in [-0.2, 0) is 10.0 Å². The van der Waals surface area contributed by atoms with Gasteiger partial charge in [0.1, 0.15) is 5.75 Å². The SMILES string of the molecule is CNCC1CC(Oc2ccc(S(=O)(=O)NC)cc2)C1. The van der Waals surface area contributed by atoms with Crippen LogP contribution in [0.5, 0.6) is 5.75 Å². The fourth-order valence-corrected chi connectivity index (χ4v) is 2.96. The van der Waals surface area contributed by atoms with Gasteiger partial charge >= 0.3 is 0 Å². The lowest BCUT2D eigenvalue weighted by molar-refractivity contribution is 0.0657. The van der Waals surface area contributed by atoms with Crippen molar-refractivity contribution < 1.29 is 13.2 Å². The first-order chi connectivity index (χ1) is 9.05. The van der Waals surface area contributed by atoms with Gasteiger partial charge in [0.2, 0.25) is 10.0 Å². The standard InChI is InChI=1S/C13H20N2O3S/c1-14-9-10-7-12(8-10)18-11-3-5-13(6-4-11)19(16,17)15-2/h3-6,10,12,14-15H,7-9H2,1-2H3. The summed E-state index contributed by atoms with van der Waals surface area (Å²) in [5, 5.41) is 3.16. The van der Waals surface area contributed by atoms with E-state index in [1.165, 1.54) is 7.05 Å². The van der Waals surface area contributed by atoms with Crippen LogP contribution in [0.15, 0.2) is 29.2 Å². The molecule has 2 rings (SSSR count). The molecule has 2 N–H and O–H groups in total. The molecule has 6 heteroatoms. The van der Waals surface area contributed by atoms with Gasteiger partial charge < -0.3 is 10.1 Å². The van der Waals surface area contributed by atoms with E-state index in [1.54, 1.807) is 24.3 Å². The minimum Gasteiger partial charge on any atom is -0.490 e. The maximum absolute atomic E-state index is 11.6. The Morgan fingerprint density at radius 1 is 1.21 bits per heavy atom. The summed E-state index contributed by atoms with van der Waals surface area (Å²) in [4.78, 5) is 0.254. The van der Waals surface area contributed by atoms with Gasteiger partial charge in [-0.25, -0.2) is 13.1 Å². The minimum atomic E-state index is -3.36. The first-order valence-corrected chi connectivity index (χ1v) is 7.88. The molecule has 1 aliphatic carbocycles. The van der Waals surface area contributed by atoms with Gasteiger partial charge in [0.15, 0.2) is 0 Å². The van der Waals surface area contributed by atoms with Crippen molar-refractivity contribution in [1.82, 2.24) is 10.0 Å². The molecule has 0 amide bonds. The van der Waals surface area contributed by atoms with Crippen molar-refractivity contribution in [2.75, 3.05) is 20.6 Å². The Balaban J connectivity index is 1.90. The van der Waals surface area contributed by atoms with Crippen LogP contribution in [0.2, 0.25) is 0 Å². The van der Waals surface area contributed by atoms with E-state index in [0.717, 1.165) is 25.1 Å². The minimum absolute atomic E-state index is 0.254. The summed E-state index contributed by atoms with van der Waals surface area (Å²) >= 11 is 0. The van der Waals surface area contributed by atoms with Gasteiger partial charge in [0, 0.05) is 0 Å². The molecular weight excluding hydrogens is 264 g/mol. The van der Waals surface area contributed by atoms with Crippen LogP contribution >= 0.6 is 0 Å². The molecule has 0 spiro atoms. The van der Waals surface area contributed by atoms with Crippen molar-refractivity contribution in [3.05, 3.63) is 24.3 Å². The predicted molar refractivity (Wildman–Crippen MR) is 73.8 cm³/mol. The molecule has 1 aromatic rings. The lowest BCUT2D eigenvalue weighted by Crippen LogP contribution is -2.38. The van der Waals surface area contributed by atoms with E-state index < -0.39 is 10.0 Å². The zero-order chi connectivity index (χ0) is 13.9. The molecular formula is C13H20N2O3S. The Hall–Kier alpha value is -1.11. The van der Waals surface area contributed by atoms with Crippen LogP contribution in [0.1, 0.15) is 12.8 Å². The lowest BCUT2D eigenvalue weighted by Gasteiger charge is -2.35. The average molecular weight is 284 g/mol. The molecule has 0 atom stereocenters. The molecule has 0 saturated heterocycles. The third kappa shape index (κ3) is 3.46. The van der Waals surface area contributed by atoms with Gasteiger partial charge in [-0.1, -0.05) is 0 Å². The summed E-state index contributed by atoms with van der Waals surface area (Å²) in [5.41, 5.74) is 0. The molecule has 1 fully saturated rings. The topological polar surface area (TPSA) is 67.4 Å². The van der Waals surface area contributed by atoms with Crippen molar-refractivity contribution >= 4 is 10.0 Å². The second-order valence-corrected chi connectivity index (χ2v) is 6.70. The zero-order valence-electron chi connectivity index (χ0n) is 11.2. The molecule has 0 heterocycles. The summed E-state index contributed by atoms with van der Waals surface area (Å²) < 4.78 is 31.2. The second kappa shape index (κ2) is 5.90. The van der Waals surface area contributed by atoms with E-state index in [9.17, 15) is 8.42 Å². The lowest BCUT2D eigenvalue weighted by atomic mass is 9.82. The van der Waals surface area contributed by atoms with E-state index in [-0.39, 0.29) is 11.0 Å². The fourth-order valence-electron chi connectivity index (χ4n) is 2.23. The summed E-state index contributed by atoms with van der Waals surface area (Å²) in [6.45, 7) is 1.03. The Labute approximate surface area is 114 Å². The van der Waals surface area contributed by atoms with Crippen LogP contribution in [0.3, 0.4) is 0 Å². The summed E-state index contributed by atoms with van der Waals surface area (Å²) in [6, 6.07) is 6.53. The summed E-state index contributed by atoms with van der Waals surface area (Å²) in [5.74, 6) is 1.42. The van der Waals surface area contributed by atoms with Gasteiger partial charge in [-0.15, -0.1) is 0 Å². The van der Waals surface area contributed by atoms with Crippen LogP contribution in [0, 0.1) is 5.92 Å². The highest BCUT2D eigenvalue weighted by molar-refractivity contribution is 7.89.